The van der Waals surface area contributed by atoms with Gasteiger partial charge in [0, 0.05) is 18.7 Å². The van der Waals surface area contributed by atoms with Crippen LogP contribution in [0, 0.1) is 6.92 Å². The molecule has 2 amide bonds. The summed E-state index contributed by atoms with van der Waals surface area (Å²) in [5.74, 6) is 1.95. The Morgan fingerprint density at radius 1 is 1.25 bits per heavy atom. The van der Waals surface area contributed by atoms with Gasteiger partial charge in [0.15, 0.2) is 5.82 Å². The number of aryl methyl sites for hydroxylation is 1. The van der Waals surface area contributed by atoms with E-state index in [1.54, 1.807) is 13.0 Å². The molecule has 150 valence electrons. The molecule has 28 heavy (non-hydrogen) atoms. The molecule has 1 aliphatic rings. The third kappa shape index (κ3) is 5.86. The number of anilines is 1. The number of nitrogens with one attached hydrogen (secondary N) is 1. The third-order valence-electron chi connectivity index (χ3n) is 4.66. The molecule has 2 aromatic rings. The molecule has 0 spiro atoms. The Kier molecular flexibility index (Phi) is 6.78. The topological polar surface area (TPSA) is 75.4 Å². The Bertz CT molecular complexity index is 813. The van der Waals surface area contributed by atoms with Crippen molar-refractivity contribution < 1.29 is 14.1 Å². The maximum atomic E-state index is 12.7. The van der Waals surface area contributed by atoms with Gasteiger partial charge in [0.05, 0.1) is 11.5 Å². The minimum absolute atomic E-state index is 0.0884. The van der Waals surface area contributed by atoms with Gasteiger partial charge in [-0.2, -0.15) is 0 Å². The van der Waals surface area contributed by atoms with Crippen molar-refractivity contribution in [3.8, 4) is 0 Å². The Balaban J connectivity index is 1.47. The average Bonchev–Trinajstić information content (AvgIpc) is 3.42. The van der Waals surface area contributed by atoms with Crippen molar-refractivity contribution in [2.45, 2.75) is 52.1 Å². The van der Waals surface area contributed by atoms with Gasteiger partial charge in [0.2, 0.25) is 11.8 Å². The van der Waals surface area contributed by atoms with Gasteiger partial charge >= 0.3 is 0 Å². The van der Waals surface area contributed by atoms with E-state index >= 15 is 0 Å². The van der Waals surface area contributed by atoms with E-state index in [0.717, 1.165) is 18.4 Å². The van der Waals surface area contributed by atoms with Crippen LogP contribution in [0.2, 0.25) is 0 Å². The Morgan fingerprint density at radius 2 is 1.96 bits per heavy atom. The number of amides is 2. The van der Waals surface area contributed by atoms with Crippen molar-refractivity contribution in [3.63, 3.8) is 0 Å². The molecule has 1 aromatic carbocycles. The van der Waals surface area contributed by atoms with Crippen molar-refractivity contribution >= 4 is 29.4 Å². The molecule has 3 rings (SSSR count). The summed E-state index contributed by atoms with van der Waals surface area (Å²) >= 11 is 1.32. The first-order valence-electron chi connectivity index (χ1n) is 9.61. The summed E-state index contributed by atoms with van der Waals surface area (Å²) in [6, 6.07) is 10.5. The summed E-state index contributed by atoms with van der Waals surface area (Å²) < 4.78 is 4.92. The van der Waals surface area contributed by atoms with E-state index in [1.807, 2.05) is 4.90 Å². The maximum absolute atomic E-state index is 12.7. The number of carbonyl (C=O) groups is 2. The average molecular weight is 402 g/mol. The zero-order valence-corrected chi connectivity index (χ0v) is 17.4. The predicted octanol–water partition coefficient (Wildman–Crippen LogP) is 3.97. The Hall–Kier alpha value is -2.28. The molecule has 0 unspecified atom stereocenters. The molecule has 0 saturated heterocycles. The largest absolute Gasteiger partial charge is 0.360 e. The lowest BCUT2D eigenvalue weighted by molar-refractivity contribution is -0.129. The lowest BCUT2D eigenvalue weighted by Gasteiger charge is -2.22. The molecule has 1 aliphatic carbocycles. The molecule has 0 aliphatic heterocycles. The summed E-state index contributed by atoms with van der Waals surface area (Å²) in [5.41, 5.74) is 2.45. The van der Waals surface area contributed by atoms with E-state index in [0.29, 0.717) is 35.8 Å². The SMILES string of the molecule is Cc1cc(NC(=O)CSCC(=O)N(Cc2ccc(C(C)C)cc2)C2CC2)no1. The highest BCUT2D eigenvalue weighted by atomic mass is 32.2. The monoisotopic (exact) mass is 401 g/mol. The van der Waals surface area contributed by atoms with Crippen molar-refractivity contribution in [1.29, 1.82) is 0 Å². The third-order valence-corrected chi connectivity index (χ3v) is 5.58. The molecule has 1 aromatic heterocycles. The quantitative estimate of drug-likeness (QED) is 0.688. The summed E-state index contributed by atoms with van der Waals surface area (Å²) in [5, 5.41) is 6.40. The highest BCUT2D eigenvalue weighted by Gasteiger charge is 2.32. The van der Waals surface area contributed by atoms with Crippen LogP contribution >= 0.6 is 11.8 Å². The summed E-state index contributed by atoms with van der Waals surface area (Å²) in [6.07, 6.45) is 2.12. The van der Waals surface area contributed by atoms with Gasteiger partial charge in [-0.3, -0.25) is 9.59 Å². The van der Waals surface area contributed by atoms with Crippen molar-refractivity contribution in [2.75, 3.05) is 16.8 Å². The Morgan fingerprint density at radius 3 is 2.54 bits per heavy atom. The van der Waals surface area contributed by atoms with Crippen LogP contribution in [0.5, 0.6) is 0 Å². The van der Waals surface area contributed by atoms with Crippen LogP contribution < -0.4 is 5.32 Å². The van der Waals surface area contributed by atoms with E-state index in [9.17, 15) is 9.59 Å². The number of aromatic nitrogens is 1. The highest BCUT2D eigenvalue weighted by Crippen LogP contribution is 2.29. The van der Waals surface area contributed by atoms with E-state index < -0.39 is 0 Å². The van der Waals surface area contributed by atoms with Crippen LogP contribution in [-0.4, -0.2) is 39.4 Å². The summed E-state index contributed by atoms with van der Waals surface area (Å²) in [7, 11) is 0. The molecule has 1 fully saturated rings. The van der Waals surface area contributed by atoms with Crippen LogP contribution in [0.15, 0.2) is 34.9 Å². The first-order chi connectivity index (χ1) is 13.4. The fraction of sp³-hybridized carbons (Fsp3) is 0.476. The highest BCUT2D eigenvalue weighted by molar-refractivity contribution is 8.00. The Labute approximate surface area is 170 Å². The van der Waals surface area contributed by atoms with Gasteiger partial charge in [0.1, 0.15) is 5.76 Å². The summed E-state index contributed by atoms with van der Waals surface area (Å²) in [4.78, 5) is 26.6. The lowest BCUT2D eigenvalue weighted by atomic mass is 10.0. The van der Waals surface area contributed by atoms with Gasteiger partial charge in [-0.1, -0.05) is 43.3 Å². The van der Waals surface area contributed by atoms with Gasteiger partial charge < -0.3 is 14.7 Å². The number of hydrogen-bond donors (Lipinski definition) is 1. The molecule has 1 N–H and O–H groups in total. The fourth-order valence-corrected chi connectivity index (χ4v) is 3.63. The molecule has 6 nitrogen and oxygen atoms in total. The predicted molar refractivity (Wildman–Crippen MR) is 111 cm³/mol. The van der Waals surface area contributed by atoms with Crippen molar-refractivity contribution in [1.82, 2.24) is 10.1 Å². The zero-order chi connectivity index (χ0) is 20.1. The van der Waals surface area contributed by atoms with E-state index in [2.05, 4.69) is 48.6 Å². The second kappa shape index (κ2) is 9.28. The van der Waals surface area contributed by atoms with Gasteiger partial charge in [-0.15, -0.1) is 11.8 Å². The normalized spacial score (nSPS) is 13.6. The summed E-state index contributed by atoms with van der Waals surface area (Å²) in [6.45, 7) is 6.74. The number of thioether (sulfide) groups is 1. The number of rotatable bonds is 9. The van der Waals surface area contributed by atoms with E-state index in [-0.39, 0.29) is 17.6 Å². The maximum Gasteiger partial charge on any atom is 0.235 e. The number of nitrogens with zero attached hydrogens (tertiary/aromatic N) is 2. The molecule has 1 saturated carbocycles. The smallest absolute Gasteiger partial charge is 0.235 e. The second-order valence-electron chi connectivity index (χ2n) is 7.51. The molecule has 0 radical (unpaired) electrons. The fourth-order valence-electron chi connectivity index (χ4n) is 2.93. The van der Waals surface area contributed by atoms with Crippen LogP contribution in [0.3, 0.4) is 0 Å². The second-order valence-corrected chi connectivity index (χ2v) is 8.50. The van der Waals surface area contributed by atoms with Gasteiger partial charge in [-0.05, 0) is 36.8 Å². The molecular weight excluding hydrogens is 374 g/mol. The molecule has 1 heterocycles. The molecule has 0 bridgehead atoms. The standard InChI is InChI=1S/C21H27N3O3S/c1-14(2)17-6-4-16(5-7-17)11-24(18-8-9-18)21(26)13-28-12-20(25)22-19-10-15(3)27-23-19/h4-7,10,14,18H,8-9,11-13H2,1-3H3,(H,22,23,25). The van der Waals surface area contributed by atoms with Gasteiger partial charge in [0.25, 0.3) is 0 Å². The number of benzene rings is 1. The van der Waals surface area contributed by atoms with E-state index in [4.69, 9.17) is 4.52 Å². The molecular formula is C21H27N3O3S. The lowest BCUT2D eigenvalue weighted by Crippen LogP contribution is -2.34. The minimum atomic E-state index is -0.187. The van der Waals surface area contributed by atoms with Crippen LogP contribution in [0.25, 0.3) is 0 Å². The van der Waals surface area contributed by atoms with Crippen LogP contribution in [0.1, 0.15) is 49.5 Å². The first-order valence-corrected chi connectivity index (χ1v) is 10.8. The van der Waals surface area contributed by atoms with Crippen LogP contribution in [-0.2, 0) is 16.1 Å². The van der Waals surface area contributed by atoms with Crippen molar-refractivity contribution in [2.24, 2.45) is 0 Å². The van der Waals surface area contributed by atoms with Crippen molar-refractivity contribution in [3.05, 3.63) is 47.2 Å². The van der Waals surface area contributed by atoms with E-state index in [1.165, 1.54) is 17.3 Å². The number of carbonyl (C=O) groups excluding carboxylic acids is 2. The minimum Gasteiger partial charge on any atom is -0.360 e. The number of hydrogen-bond acceptors (Lipinski definition) is 5. The zero-order valence-electron chi connectivity index (χ0n) is 16.6. The molecule has 0 atom stereocenters. The van der Waals surface area contributed by atoms with Crippen LogP contribution in [0.4, 0.5) is 5.82 Å². The first kappa shape index (κ1) is 20.5. The van der Waals surface area contributed by atoms with Gasteiger partial charge in [-0.25, -0.2) is 0 Å². The molecule has 7 heteroatoms.